The van der Waals surface area contributed by atoms with Crippen LogP contribution in [0.1, 0.15) is 6.92 Å². The Hall–Kier alpha value is -2.59. The minimum Gasteiger partial charge on any atom is -0.302 e. The van der Waals surface area contributed by atoms with Crippen LogP contribution in [0.3, 0.4) is 0 Å². The van der Waals surface area contributed by atoms with Crippen molar-refractivity contribution in [3.8, 4) is 0 Å². The number of hydrogen-bond donors (Lipinski definition) is 2. The normalized spacial score (nSPS) is 11.5. The molecule has 1 aromatic heterocycles. The Kier molecular flexibility index (Phi) is 4.39. The maximum Gasteiger partial charge on any atom is 0.262 e. The minimum atomic E-state index is -4.08. The topological polar surface area (TPSA) is 88.2 Å². The molecule has 0 spiro atoms. The fourth-order valence-corrected chi connectivity index (χ4v) is 4.01. The molecule has 3 rings (SSSR count). The van der Waals surface area contributed by atoms with Gasteiger partial charge in [-0.1, -0.05) is 11.3 Å². The molecule has 0 radical (unpaired) electrons. The molecule has 0 bridgehead atoms. The molecule has 1 heterocycles. The number of carbonyl (C=O) groups excluding carboxylic acids is 1. The first-order valence-corrected chi connectivity index (χ1v) is 9.20. The van der Waals surface area contributed by atoms with Crippen molar-refractivity contribution >= 4 is 48.3 Å². The zero-order chi connectivity index (χ0) is 18.2. The zero-order valence-corrected chi connectivity index (χ0v) is 14.3. The van der Waals surface area contributed by atoms with E-state index >= 15 is 0 Å². The fraction of sp³-hybridized carbons (Fsp3) is 0.0667. The average molecular weight is 383 g/mol. The Morgan fingerprint density at radius 2 is 1.88 bits per heavy atom. The van der Waals surface area contributed by atoms with E-state index in [0.29, 0.717) is 16.7 Å². The molecule has 0 atom stereocenters. The van der Waals surface area contributed by atoms with Crippen LogP contribution >= 0.6 is 11.3 Å². The molecule has 6 nitrogen and oxygen atoms in total. The van der Waals surface area contributed by atoms with E-state index in [-0.39, 0.29) is 11.6 Å². The smallest absolute Gasteiger partial charge is 0.262 e. The maximum atomic E-state index is 13.3. The van der Waals surface area contributed by atoms with Gasteiger partial charge in [-0.25, -0.2) is 22.2 Å². The third-order valence-corrected chi connectivity index (χ3v) is 5.45. The van der Waals surface area contributed by atoms with Gasteiger partial charge in [-0.3, -0.25) is 9.52 Å². The number of thiazole rings is 1. The highest BCUT2D eigenvalue weighted by molar-refractivity contribution is 7.92. The second-order valence-corrected chi connectivity index (χ2v) is 7.78. The monoisotopic (exact) mass is 383 g/mol. The summed E-state index contributed by atoms with van der Waals surface area (Å²) in [6.45, 7) is 1.35. The number of benzene rings is 2. The van der Waals surface area contributed by atoms with Gasteiger partial charge in [-0.05, 0) is 36.4 Å². The largest absolute Gasteiger partial charge is 0.302 e. The SMILES string of the molecule is CC(=O)Nc1nc2cc(NS(=O)(=O)c3ccc(F)c(F)c3)ccc2s1. The molecule has 0 aliphatic heterocycles. The number of nitrogens with zero attached hydrogens (tertiary/aromatic N) is 1. The predicted molar refractivity (Wildman–Crippen MR) is 91.1 cm³/mol. The van der Waals surface area contributed by atoms with Gasteiger partial charge in [0.05, 0.1) is 20.8 Å². The molecule has 0 fully saturated rings. The quantitative estimate of drug-likeness (QED) is 0.723. The molecule has 130 valence electrons. The van der Waals surface area contributed by atoms with Crippen LogP contribution in [-0.4, -0.2) is 19.3 Å². The molecule has 25 heavy (non-hydrogen) atoms. The lowest BCUT2D eigenvalue weighted by Crippen LogP contribution is -2.13. The molecule has 2 N–H and O–H groups in total. The summed E-state index contributed by atoms with van der Waals surface area (Å²) in [4.78, 5) is 14.8. The molecule has 10 heteroatoms. The van der Waals surface area contributed by atoms with E-state index in [2.05, 4.69) is 15.0 Å². The van der Waals surface area contributed by atoms with E-state index in [0.717, 1.165) is 16.8 Å². The van der Waals surface area contributed by atoms with E-state index in [4.69, 9.17) is 0 Å². The van der Waals surface area contributed by atoms with Crippen molar-refractivity contribution in [3.63, 3.8) is 0 Å². The Labute approximate surface area is 145 Å². The lowest BCUT2D eigenvalue weighted by Gasteiger charge is -2.08. The van der Waals surface area contributed by atoms with Gasteiger partial charge in [0.25, 0.3) is 10.0 Å². The van der Waals surface area contributed by atoms with E-state index in [1.165, 1.54) is 30.4 Å². The highest BCUT2D eigenvalue weighted by atomic mass is 32.2. The van der Waals surface area contributed by atoms with Crippen LogP contribution in [0.5, 0.6) is 0 Å². The van der Waals surface area contributed by atoms with E-state index in [1.54, 1.807) is 6.07 Å². The number of rotatable bonds is 4. The minimum absolute atomic E-state index is 0.205. The zero-order valence-electron chi connectivity index (χ0n) is 12.7. The number of sulfonamides is 1. The lowest BCUT2D eigenvalue weighted by molar-refractivity contribution is -0.114. The summed E-state index contributed by atoms with van der Waals surface area (Å²) in [7, 11) is -4.08. The first kappa shape index (κ1) is 17.2. The number of amides is 1. The van der Waals surface area contributed by atoms with Gasteiger partial charge in [-0.15, -0.1) is 0 Å². The third kappa shape index (κ3) is 3.74. The van der Waals surface area contributed by atoms with Crippen LogP contribution in [0.25, 0.3) is 10.2 Å². The average Bonchev–Trinajstić information content (AvgIpc) is 2.90. The molecule has 3 aromatic rings. The molecule has 0 aliphatic carbocycles. The highest BCUT2D eigenvalue weighted by Gasteiger charge is 2.17. The predicted octanol–water partition coefficient (Wildman–Crippen LogP) is 3.33. The van der Waals surface area contributed by atoms with Gasteiger partial charge in [0, 0.05) is 6.92 Å². The summed E-state index contributed by atoms with van der Waals surface area (Å²) < 4.78 is 53.8. The first-order valence-electron chi connectivity index (χ1n) is 6.91. The summed E-state index contributed by atoms with van der Waals surface area (Å²) in [6.07, 6.45) is 0. The molecular formula is C15H11F2N3O3S2. The summed E-state index contributed by atoms with van der Waals surface area (Å²) in [6, 6.07) is 6.95. The summed E-state index contributed by atoms with van der Waals surface area (Å²) in [5.41, 5.74) is 0.691. The Morgan fingerprint density at radius 1 is 1.12 bits per heavy atom. The molecule has 2 aromatic carbocycles. The van der Waals surface area contributed by atoms with Gasteiger partial charge in [0.1, 0.15) is 0 Å². The second-order valence-electron chi connectivity index (χ2n) is 5.06. The molecule has 1 amide bonds. The number of aromatic nitrogens is 1. The van der Waals surface area contributed by atoms with Crippen LogP contribution in [0.15, 0.2) is 41.3 Å². The number of fused-ring (bicyclic) bond motifs is 1. The molecule has 0 saturated heterocycles. The van der Waals surface area contributed by atoms with Gasteiger partial charge < -0.3 is 5.32 Å². The number of nitrogens with one attached hydrogen (secondary N) is 2. The van der Waals surface area contributed by atoms with Crippen molar-refractivity contribution in [2.75, 3.05) is 10.0 Å². The van der Waals surface area contributed by atoms with Crippen LogP contribution in [0.2, 0.25) is 0 Å². The maximum absolute atomic E-state index is 13.3. The summed E-state index contributed by atoms with van der Waals surface area (Å²) in [5.74, 6) is -2.65. The lowest BCUT2D eigenvalue weighted by atomic mass is 10.3. The summed E-state index contributed by atoms with van der Waals surface area (Å²) in [5, 5.41) is 2.94. The van der Waals surface area contributed by atoms with Crippen molar-refractivity contribution in [1.82, 2.24) is 4.98 Å². The van der Waals surface area contributed by atoms with Crippen molar-refractivity contribution < 1.29 is 22.0 Å². The highest BCUT2D eigenvalue weighted by Crippen LogP contribution is 2.29. The second kappa shape index (κ2) is 6.37. The third-order valence-electron chi connectivity index (χ3n) is 3.12. The van der Waals surface area contributed by atoms with Crippen LogP contribution in [0.4, 0.5) is 19.6 Å². The van der Waals surface area contributed by atoms with Gasteiger partial charge in [0.2, 0.25) is 5.91 Å². The molecular weight excluding hydrogens is 372 g/mol. The number of anilines is 2. The molecule has 0 unspecified atom stereocenters. The van der Waals surface area contributed by atoms with E-state index in [9.17, 15) is 22.0 Å². The summed E-state index contributed by atoms with van der Waals surface area (Å²) >= 11 is 1.24. The number of halogens is 2. The Bertz CT molecular complexity index is 1080. The van der Waals surface area contributed by atoms with Crippen LogP contribution in [0, 0.1) is 11.6 Å². The Balaban J connectivity index is 1.90. The molecule has 0 saturated carbocycles. The first-order chi connectivity index (χ1) is 11.7. The number of carbonyl (C=O) groups is 1. The van der Waals surface area contributed by atoms with Gasteiger partial charge in [0.15, 0.2) is 16.8 Å². The van der Waals surface area contributed by atoms with Crippen molar-refractivity contribution in [1.29, 1.82) is 0 Å². The van der Waals surface area contributed by atoms with Crippen LogP contribution in [-0.2, 0) is 14.8 Å². The standard InChI is InChI=1S/C15H11F2N3O3S2/c1-8(21)18-15-19-13-6-9(2-5-14(13)24-15)20-25(22,23)10-3-4-11(16)12(17)7-10/h2-7,20H,1H3,(H,18,19,21). The van der Waals surface area contributed by atoms with E-state index < -0.39 is 26.6 Å². The van der Waals surface area contributed by atoms with Crippen molar-refractivity contribution in [3.05, 3.63) is 48.0 Å². The fourth-order valence-electron chi connectivity index (χ4n) is 2.05. The number of hydrogen-bond acceptors (Lipinski definition) is 5. The van der Waals surface area contributed by atoms with Crippen LogP contribution < -0.4 is 10.0 Å². The molecule has 0 aliphatic rings. The van der Waals surface area contributed by atoms with Crippen molar-refractivity contribution in [2.24, 2.45) is 0 Å². The van der Waals surface area contributed by atoms with Gasteiger partial charge >= 0.3 is 0 Å². The van der Waals surface area contributed by atoms with E-state index in [1.807, 2.05) is 0 Å². The van der Waals surface area contributed by atoms with Crippen molar-refractivity contribution in [2.45, 2.75) is 11.8 Å². The van der Waals surface area contributed by atoms with Gasteiger partial charge in [-0.2, -0.15) is 0 Å². The Morgan fingerprint density at radius 3 is 2.56 bits per heavy atom.